The number of fused-ring (bicyclic) bond motifs is 1. The van der Waals surface area contributed by atoms with Gasteiger partial charge in [-0.1, -0.05) is 28.6 Å². The summed E-state index contributed by atoms with van der Waals surface area (Å²) in [7, 11) is -1.87. The number of thiazole rings is 2. The maximum absolute atomic E-state index is 13.2. The summed E-state index contributed by atoms with van der Waals surface area (Å²) in [6.07, 6.45) is 4.41. The number of oxime groups is 1. The third kappa shape index (κ3) is 5.13. The molecule has 3 aromatic heterocycles. The Balaban J connectivity index is 1.40. The van der Waals surface area contributed by atoms with E-state index in [1.165, 1.54) is 48.9 Å². The second-order valence-electron chi connectivity index (χ2n) is 7.42. The summed E-state index contributed by atoms with van der Waals surface area (Å²) in [5.41, 5.74) is 0.698. The topological polar surface area (TPSA) is 146 Å². The van der Waals surface area contributed by atoms with Gasteiger partial charge in [0, 0.05) is 17.1 Å². The number of benzene rings is 1. The molecule has 0 radical (unpaired) electrons. The minimum atomic E-state index is -3.36. The second-order valence-corrected chi connectivity index (χ2v) is 11.6. The lowest BCUT2D eigenvalue weighted by atomic mass is 10.1. The SMILES string of the molecule is COc1cnc2nc(NC(=O)/C(=N/OCc3nccs3)c3ccc(S(=O)(=O)C4CC4)cc3)sc2n1. The summed E-state index contributed by atoms with van der Waals surface area (Å²) in [5, 5.41) is 9.15. The van der Waals surface area contributed by atoms with E-state index in [0.717, 1.165) is 11.3 Å². The monoisotopic (exact) mass is 530 g/mol. The van der Waals surface area contributed by atoms with Crippen molar-refractivity contribution in [2.24, 2.45) is 5.16 Å². The number of hydrogen-bond donors (Lipinski definition) is 1. The van der Waals surface area contributed by atoms with Gasteiger partial charge < -0.3 is 9.57 Å². The Labute approximate surface area is 207 Å². The first-order valence-corrected chi connectivity index (χ1v) is 13.6. The van der Waals surface area contributed by atoms with E-state index in [2.05, 4.69) is 30.4 Å². The van der Waals surface area contributed by atoms with Crippen LogP contribution >= 0.6 is 22.7 Å². The molecule has 35 heavy (non-hydrogen) atoms. The molecule has 4 aromatic rings. The fourth-order valence-electron chi connectivity index (χ4n) is 3.09. The number of nitrogens with one attached hydrogen (secondary N) is 1. The average molecular weight is 531 g/mol. The molecule has 0 atom stereocenters. The molecule has 180 valence electrons. The van der Waals surface area contributed by atoms with Gasteiger partial charge in [-0.2, -0.15) is 9.97 Å². The highest BCUT2D eigenvalue weighted by atomic mass is 32.2. The molecular weight excluding hydrogens is 512 g/mol. The molecule has 0 bridgehead atoms. The van der Waals surface area contributed by atoms with Gasteiger partial charge in [0.05, 0.1) is 23.5 Å². The summed E-state index contributed by atoms with van der Waals surface area (Å²) < 4.78 is 30.1. The van der Waals surface area contributed by atoms with Crippen molar-refractivity contribution in [3.63, 3.8) is 0 Å². The first-order chi connectivity index (χ1) is 16.9. The highest BCUT2D eigenvalue weighted by Crippen LogP contribution is 2.33. The molecule has 3 heterocycles. The number of hydrogen-bond acceptors (Lipinski definition) is 12. The van der Waals surface area contributed by atoms with E-state index in [0.29, 0.717) is 39.8 Å². The minimum absolute atomic E-state index is 0.0466. The Morgan fingerprint density at radius 1 is 1.20 bits per heavy atom. The van der Waals surface area contributed by atoms with Crippen LogP contribution in [0.25, 0.3) is 10.5 Å². The Bertz CT molecular complexity index is 1500. The highest BCUT2D eigenvalue weighted by Gasteiger charge is 2.36. The second kappa shape index (κ2) is 9.64. The van der Waals surface area contributed by atoms with E-state index in [1.807, 2.05) is 0 Å². The van der Waals surface area contributed by atoms with E-state index >= 15 is 0 Å². The number of aromatic nitrogens is 4. The molecule has 1 aromatic carbocycles. The van der Waals surface area contributed by atoms with Gasteiger partial charge in [-0.25, -0.2) is 18.4 Å². The molecule has 1 aliphatic carbocycles. The van der Waals surface area contributed by atoms with Crippen molar-refractivity contribution in [1.29, 1.82) is 0 Å². The summed E-state index contributed by atoms with van der Waals surface area (Å²) in [6, 6.07) is 6.02. The van der Waals surface area contributed by atoms with E-state index in [9.17, 15) is 13.2 Å². The third-order valence-corrected chi connectivity index (χ3v) is 8.88. The Hall–Kier alpha value is -3.49. The number of carbonyl (C=O) groups is 1. The molecule has 1 saturated carbocycles. The van der Waals surface area contributed by atoms with Crippen LogP contribution in [0.1, 0.15) is 23.4 Å². The van der Waals surface area contributed by atoms with E-state index in [1.54, 1.807) is 11.6 Å². The van der Waals surface area contributed by atoms with Crippen molar-refractivity contribution in [2.75, 3.05) is 12.4 Å². The smallest absolute Gasteiger partial charge is 0.280 e. The lowest BCUT2D eigenvalue weighted by Gasteiger charge is -2.08. The Morgan fingerprint density at radius 2 is 2.00 bits per heavy atom. The van der Waals surface area contributed by atoms with Crippen molar-refractivity contribution in [2.45, 2.75) is 29.6 Å². The normalized spacial score (nSPS) is 14.1. The standard InChI is InChI=1S/C21H18N6O5S3/c1-31-15-10-23-18-20(24-15)34-21(25-18)26-19(28)17(27-32-11-16-22-8-9-33-16)12-2-4-13(5-3-12)35(29,30)14-6-7-14/h2-5,8-10,14H,6-7,11H2,1H3,(H,23,25,26,28)/b27-17+. The summed E-state index contributed by atoms with van der Waals surface area (Å²) in [5.74, 6) is -0.258. The summed E-state index contributed by atoms with van der Waals surface area (Å²) in [6.45, 7) is 0.0807. The van der Waals surface area contributed by atoms with Gasteiger partial charge in [-0.15, -0.1) is 11.3 Å². The number of anilines is 1. The molecule has 0 spiro atoms. The largest absolute Gasteiger partial charge is 0.480 e. The van der Waals surface area contributed by atoms with Crippen molar-refractivity contribution in [3.05, 3.63) is 52.6 Å². The van der Waals surface area contributed by atoms with Gasteiger partial charge in [0.15, 0.2) is 37.8 Å². The maximum atomic E-state index is 13.2. The maximum Gasteiger partial charge on any atom is 0.280 e. The first kappa shape index (κ1) is 23.3. The number of amides is 1. The molecule has 1 fully saturated rings. The van der Waals surface area contributed by atoms with E-state index < -0.39 is 15.7 Å². The molecule has 5 rings (SSSR count). The molecule has 1 amide bonds. The molecule has 1 aliphatic rings. The van der Waals surface area contributed by atoms with Crippen LogP contribution in [0.4, 0.5) is 5.13 Å². The zero-order valence-corrected chi connectivity index (χ0v) is 20.7. The van der Waals surface area contributed by atoms with Gasteiger partial charge in [0.1, 0.15) is 5.01 Å². The number of ether oxygens (including phenoxy) is 1. The van der Waals surface area contributed by atoms with Crippen LogP contribution in [0.5, 0.6) is 5.88 Å². The predicted molar refractivity (Wildman–Crippen MR) is 130 cm³/mol. The van der Waals surface area contributed by atoms with Crippen LogP contribution in [0, 0.1) is 0 Å². The molecule has 0 aliphatic heterocycles. The molecule has 0 saturated heterocycles. The zero-order valence-electron chi connectivity index (χ0n) is 18.2. The van der Waals surface area contributed by atoms with E-state index in [-0.39, 0.29) is 27.6 Å². The van der Waals surface area contributed by atoms with Gasteiger partial charge in [0.25, 0.3) is 5.91 Å². The zero-order chi connectivity index (χ0) is 24.4. The number of nitrogens with zero attached hydrogens (tertiary/aromatic N) is 5. The number of sulfone groups is 1. The first-order valence-electron chi connectivity index (χ1n) is 10.4. The number of carbonyl (C=O) groups excluding carboxylic acids is 1. The van der Waals surface area contributed by atoms with Gasteiger partial charge in [-0.3, -0.25) is 10.1 Å². The van der Waals surface area contributed by atoms with Crippen molar-refractivity contribution < 1.29 is 22.8 Å². The van der Waals surface area contributed by atoms with Crippen LogP contribution in [0.3, 0.4) is 0 Å². The van der Waals surface area contributed by atoms with Crippen LogP contribution in [0.15, 0.2) is 52.1 Å². The fraction of sp³-hybridized carbons (Fsp3) is 0.238. The molecule has 11 nitrogen and oxygen atoms in total. The van der Waals surface area contributed by atoms with Crippen LogP contribution in [-0.2, 0) is 26.1 Å². The van der Waals surface area contributed by atoms with Crippen LogP contribution in [0.2, 0.25) is 0 Å². The quantitative estimate of drug-likeness (QED) is 0.255. The van der Waals surface area contributed by atoms with Crippen LogP contribution < -0.4 is 10.1 Å². The van der Waals surface area contributed by atoms with Gasteiger partial charge in [-0.05, 0) is 25.0 Å². The molecular formula is C21H18N6O5S3. The van der Waals surface area contributed by atoms with E-state index in [4.69, 9.17) is 9.57 Å². The minimum Gasteiger partial charge on any atom is -0.480 e. The van der Waals surface area contributed by atoms with Crippen molar-refractivity contribution in [1.82, 2.24) is 19.9 Å². The summed E-state index contributed by atoms with van der Waals surface area (Å²) in [4.78, 5) is 36.1. The molecule has 0 unspecified atom stereocenters. The Morgan fingerprint density at radius 3 is 2.69 bits per heavy atom. The molecule has 1 N–H and O–H groups in total. The fourth-order valence-corrected chi connectivity index (χ4v) is 6.05. The van der Waals surface area contributed by atoms with Gasteiger partial charge >= 0.3 is 0 Å². The summed E-state index contributed by atoms with van der Waals surface area (Å²) >= 11 is 2.52. The highest BCUT2D eigenvalue weighted by molar-refractivity contribution is 7.92. The predicted octanol–water partition coefficient (Wildman–Crippen LogP) is 3.05. The lowest BCUT2D eigenvalue weighted by Crippen LogP contribution is -2.24. The number of methoxy groups -OCH3 is 1. The lowest BCUT2D eigenvalue weighted by molar-refractivity contribution is -0.110. The van der Waals surface area contributed by atoms with Crippen molar-refractivity contribution in [3.8, 4) is 5.88 Å². The van der Waals surface area contributed by atoms with Crippen LogP contribution in [-0.4, -0.2) is 52.3 Å². The Kier molecular flexibility index (Phi) is 6.40. The van der Waals surface area contributed by atoms with Crippen molar-refractivity contribution >= 4 is 59.7 Å². The van der Waals surface area contributed by atoms with Gasteiger partial charge in [0.2, 0.25) is 5.88 Å². The number of rotatable bonds is 9. The average Bonchev–Trinajstić information content (AvgIpc) is 3.46. The third-order valence-electron chi connectivity index (χ3n) is 4.99. The molecule has 14 heteroatoms.